The van der Waals surface area contributed by atoms with Crippen LogP contribution in [0, 0.1) is 0 Å². The van der Waals surface area contributed by atoms with Crippen molar-refractivity contribution in [1.82, 2.24) is 0 Å². The highest BCUT2D eigenvalue weighted by Gasteiger charge is 2.07. The molecule has 2 rings (SSSR count). The summed E-state index contributed by atoms with van der Waals surface area (Å²) < 4.78 is 0. The normalized spacial score (nSPS) is 12.3. The summed E-state index contributed by atoms with van der Waals surface area (Å²) >= 11 is 11.8. The zero-order chi connectivity index (χ0) is 14.4. The molecule has 0 saturated carbocycles. The Bertz CT molecular complexity index is 540. The molecular weight excluding hydrogens is 291 g/mol. The molecule has 0 radical (unpaired) electrons. The smallest absolute Gasteiger partial charge is 0.0595 e. The van der Waals surface area contributed by atoms with Gasteiger partial charge in [0.1, 0.15) is 0 Å². The Morgan fingerprint density at radius 3 is 2.35 bits per heavy atom. The lowest BCUT2D eigenvalue weighted by Gasteiger charge is -2.11. The van der Waals surface area contributed by atoms with Gasteiger partial charge in [-0.1, -0.05) is 59.6 Å². The van der Waals surface area contributed by atoms with Crippen molar-refractivity contribution >= 4 is 23.2 Å². The quantitative estimate of drug-likeness (QED) is 0.803. The fourth-order valence-corrected chi connectivity index (χ4v) is 2.55. The predicted molar refractivity (Wildman–Crippen MR) is 85.6 cm³/mol. The van der Waals surface area contributed by atoms with E-state index in [9.17, 15) is 5.11 Å². The number of rotatable bonds is 6. The first-order chi connectivity index (χ1) is 9.65. The van der Waals surface area contributed by atoms with Gasteiger partial charge in [0.2, 0.25) is 0 Å². The number of halogens is 2. The van der Waals surface area contributed by atoms with Gasteiger partial charge >= 0.3 is 0 Å². The molecule has 0 heterocycles. The van der Waals surface area contributed by atoms with Gasteiger partial charge in [-0.2, -0.15) is 0 Å². The summed E-state index contributed by atoms with van der Waals surface area (Å²) in [5.74, 6) is 0. The molecule has 106 valence electrons. The fourth-order valence-electron chi connectivity index (χ4n) is 2.23. The van der Waals surface area contributed by atoms with Gasteiger partial charge in [0.05, 0.1) is 16.1 Å². The topological polar surface area (TPSA) is 20.2 Å². The van der Waals surface area contributed by atoms with Crippen LogP contribution in [-0.4, -0.2) is 11.2 Å². The van der Waals surface area contributed by atoms with Crippen molar-refractivity contribution in [1.29, 1.82) is 0 Å². The average molecular weight is 309 g/mol. The molecule has 2 aromatic rings. The Kier molecular flexibility index (Phi) is 5.90. The Morgan fingerprint density at radius 2 is 1.65 bits per heavy atom. The lowest BCUT2D eigenvalue weighted by atomic mass is 10.0. The summed E-state index contributed by atoms with van der Waals surface area (Å²) in [7, 11) is 0. The molecule has 1 atom stereocenters. The number of benzene rings is 2. The van der Waals surface area contributed by atoms with Crippen molar-refractivity contribution in [2.45, 2.75) is 31.8 Å². The van der Waals surface area contributed by atoms with Crippen LogP contribution in [0.4, 0.5) is 0 Å². The van der Waals surface area contributed by atoms with E-state index in [2.05, 4.69) is 12.1 Å². The summed E-state index contributed by atoms with van der Waals surface area (Å²) in [5.41, 5.74) is 2.33. The van der Waals surface area contributed by atoms with Gasteiger partial charge < -0.3 is 5.11 Å². The SMILES string of the molecule is OC(CCCc1ccccc1)Cc1ccc(Cl)c(Cl)c1. The van der Waals surface area contributed by atoms with E-state index >= 15 is 0 Å². The van der Waals surface area contributed by atoms with Gasteiger partial charge in [0, 0.05) is 0 Å². The molecule has 0 bridgehead atoms. The second-order valence-electron chi connectivity index (χ2n) is 4.98. The van der Waals surface area contributed by atoms with Crippen molar-refractivity contribution in [3.8, 4) is 0 Å². The van der Waals surface area contributed by atoms with E-state index in [4.69, 9.17) is 23.2 Å². The van der Waals surface area contributed by atoms with Gasteiger partial charge in [0.15, 0.2) is 0 Å². The van der Waals surface area contributed by atoms with Crippen LogP contribution in [0.25, 0.3) is 0 Å². The molecule has 0 amide bonds. The Hall–Kier alpha value is -1.02. The molecule has 0 fully saturated rings. The molecule has 0 aliphatic rings. The van der Waals surface area contributed by atoms with E-state index in [1.807, 2.05) is 30.3 Å². The maximum absolute atomic E-state index is 10.1. The second-order valence-corrected chi connectivity index (χ2v) is 5.80. The molecule has 0 aromatic heterocycles. The molecule has 0 aliphatic carbocycles. The van der Waals surface area contributed by atoms with Crippen LogP contribution in [0.1, 0.15) is 24.0 Å². The predicted octanol–water partition coefficient (Wildman–Crippen LogP) is 4.92. The minimum absolute atomic E-state index is 0.337. The highest BCUT2D eigenvalue weighted by atomic mass is 35.5. The fraction of sp³-hybridized carbons (Fsp3) is 0.294. The molecule has 2 aromatic carbocycles. The van der Waals surface area contributed by atoms with E-state index in [0.29, 0.717) is 16.5 Å². The summed E-state index contributed by atoms with van der Waals surface area (Å²) in [6.07, 6.45) is 3.04. The second kappa shape index (κ2) is 7.68. The van der Waals surface area contributed by atoms with E-state index in [0.717, 1.165) is 24.8 Å². The van der Waals surface area contributed by atoms with E-state index < -0.39 is 0 Å². The summed E-state index contributed by atoms with van der Waals surface area (Å²) in [6.45, 7) is 0. The third-order valence-corrected chi connectivity index (χ3v) is 4.04. The third-order valence-electron chi connectivity index (χ3n) is 3.30. The zero-order valence-electron chi connectivity index (χ0n) is 11.2. The number of aliphatic hydroxyl groups excluding tert-OH is 1. The molecule has 1 unspecified atom stereocenters. The van der Waals surface area contributed by atoms with Gasteiger partial charge in [0.25, 0.3) is 0 Å². The summed E-state index contributed by atoms with van der Waals surface area (Å²) in [4.78, 5) is 0. The van der Waals surface area contributed by atoms with E-state index in [1.165, 1.54) is 5.56 Å². The van der Waals surface area contributed by atoms with Crippen LogP contribution >= 0.6 is 23.2 Å². The molecule has 20 heavy (non-hydrogen) atoms. The first kappa shape index (κ1) is 15.4. The monoisotopic (exact) mass is 308 g/mol. The Labute approximate surface area is 130 Å². The molecule has 0 saturated heterocycles. The maximum atomic E-state index is 10.1. The van der Waals surface area contributed by atoms with Crippen LogP contribution in [0.3, 0.4) is 0 Å². The summed E-state index contributed by atoms with van der Waals surface area (Å²) in [5, 5.41) is 11.2. The van der Waals surface area contributed by atoms with Crippen molar-refractivity contribution in [3.63, 3.8) is 0 Å². The lowest BCUT2D eigenvalue weighted by molar-refractivity contribution is 0.162. The zero-order valence-corrected chi connectivity index (χ0v) is 12.7. The molecule has 0 spiro atoms. The van der Waals surface area contributed by atoms with E-state index in [-0.39, 0.29) is 6.10 Å². The van der Waals surface area contributed by atoms with Crippen molar-refractivity contribution < 1.29 is 5.11 Å². The number of aryl methyl sites for hydroxylation is 1. The van der Waals surface area contributed by atoms with Gasteiger partial charge in [-0.25, -0.2) is 0 Å². The molecule has 1 nitrogen and oxygen atoms in total. The van der Waals surface area contributed by atoms with Gasteiger partial charge in [-0.05, 0) is 48.9 Å². The maximum Gasteiger partial charge on any atom is 0.0595 e. The standard InChI is InChI=1S/C17H18Cl2O/c18-16-10-9-14(12-17(16)19)11-15(20)8-4-7-13-5-2-1-3-6-13/h1-3,5-6,9-10,12,15,20H,4,7-8,11H2. The van der Waals surface area contributed by atoms with Crippen LogP contribution in [0.2, 0.25) is 10.0 Å². The first-order valence-electron chi connectivity index (χ1n) is 6.81. The van der Waals surface area contributed by atoms with E-state index in [1.54, 1.807) is 6.07 Å². The minimum atomic E-state index is -0.337. The molecule has 0 aliphatic heterocycles. The lowest BCUT2D eigenvalue weighted by Crippen LogP contribution is -2.10. The van der Waals surface area contributed by atoms with Gasteiger partial charge in [-0.15, -0.1) is 0 Å². The van der Waals surface area contributed by atoms with Gasteiger partial charge in [-0.3, -0.25) is 0 Å². The molecule has 3 heteroatoms. The number of aliphatic hydroxyl groups is 1. The summed E-state index contributed by atoms with van der Waals surface area (Å²) in [6, 6.07) is 15.8. The first-order valence-corrected chi connectivity index (χ1v) is 7.56. The average Bonchev–Trinajstić information content (AvgIpc) is 2.44. The molecular formula is C17H18Cl2O. The minimum Gasteiger partial charge on any atom is -0.393 e. The largest absolute Gasteiger partial charge is 0.393 e. The van der Waals surface area contributed by atoms with Crippen molar-refractivity contribution in [2.75, 3.05) is 0 Å². The highest BCUT2D eigenvalue weighted by Crippen LogP contribution is 2.23. The Morgan fingerprint density at radius 1 is 0.900 bits per heavy atom. The Balaban J connectivity index is 1.77. The highest BCUT2D eigenvalue weighted by molar-refractivity contribution is 6.42. The van der Waals surface area contributed by atoms with Crippen LogP contribution in [-0.2, 0) is 12.8 Å². The third kappa shape index (κ3) is 4.82. The number of hydrogen-bond acceptors (Lipinski definition) is 1. The van der Waals surface area contributed by atoms with Crippen LogP contribution in [0.5, 0.6) is 0 Å². The molecule has 1 N–H and O–H groups in total. The number of hydrogen-bond donors (Lipinski definition) is 1. The van der Waals surface area contributed by atoms with Crippen molar-refractivity contribution in [3.05, 3.63) is 69.7 Å². The van der Waals surface area contributed by atoms with Crippen molar-refractivity contribution in [2.24, 2.45) is 0 Å². The van der Waals surface area contributed by atoms with Crippen LogP contribution < -0.4 is 0 Å². The van der Waals surface area contributed by atoms with Crippen LogP contribution in [0.15, 0.2) is 48.5 Å².